The number of terminal acetylenes is 1. The summed E-state index contributed by atoms with van der Waals surface area (Å²) in [6, 6.07) is 15.9. The first-order valence-electron chi connectivity index (χ1n) is 10.9. The lowest BCUT2D eigenvalue weighted by Crippen LogP contribution is -2.30. The highest BCUT2D eigenvalue weighted by atomic mass is 16.5. The van der Waals surface area contributed by atoms with Crippen LogP contribution in [0.5, 0.6) is 17.4 Å². The highest BCUT2D eigenvalue weighted by molar-refractivity contribution is 5.56. The molecule has 0 aliphatic carbocycles. The number of pyridine rings is 2. The van der Waals surface area contributed by atoms with Crippen LogP contribution in [0.1, 0.15) is 31.2 Å². The maximum Gasteiger partial charge on any atom is 0.219 e. The molecule has 0 radical (unpaired) electrons. The summed E-state index contributed by atoms with van der Waals surface area (Å²) in [5.74, 6) is 4.62. The fourth-order valence-corrected chi connectivity index (χ4v) is 3.64. The smallest absolute Gasteiger partial charge is 0.219 e. The SMILES string of the molecule is C#CCCCOc1ccc(Oc2cccc(C=C3CCN(c4cccnc4)CC3)c2)nc1. The van der Waals surface area contributed by atoms with Gasteiger partial charge >= 0.3 is 0 Å². The lowest BCUT2D eigenvalue weighted by Gasteiger charge is -2.30. The summed E-state index contributed by atoms with van der Waals surface area (Å²) in [7, 11) is 0. The van der Waals surface area contributed by atoms with Crippen molar-refractivity contribution < 1.29 is 9.47 Å². The van der Waals surface area contributed by atoms with E-state index in [1.54, 1.807) is 6.20 Å². The number of hydrogen-bond donors (Lipinski definition) is 0. The van der Waals surface area contributed by atoms with Crippen LogP contribution in [0.25, 0.3) is 6.08 Å². The summed E-state index contributed by atoms with van der Waals surface area (Å²) in [6.45, 7) is 2.60. The molecular weight excluding hydrogens is 398 g/mol. The Morgan fingerprint density at radius 1 is 1.03 bits per heavy atom. The van der Waals surface area contributed by atoms with Crippen LogP contribution >= 0.6 is 0 Å². The molecule has 0 unspecified atom stereocenters. The van der Waals surface area contributed by atoms with Gasteiger partial charge in [0.25, 0.3) is 0 Å². The predicted molar refractivity (Wildman–Crippen MR) is 128 cm³/mol. The third-order valence-corrected chi connectivity index (χ3v) is 5.31. The molecule has 0 N–H and O–H groups in total. The molecule has 3 aromatic rings. The summed E-state index contributed by atoms with van der Waals surface area (Å²) < 4.78 is 11.6. The fraction of sp³-hybridized carbons (Fsp3) is 0.259. The van der Waals surface area contributed by atoms with E-state index in [2.05, 4.69) is 39.0 Å². The van der Waals surface area contributed by atoms with Crippen LogP contribution in [0.4, 0.5) is 5.69 Å². The summed E-state index contributed by atoms with van der Waals surface area (Å²) in [6.07, 6.45) is 16.6. The van der Waals surface area contributed by atoms with Crippen molar-refractivity contribution in [2.24, 2.45) is 0 Å². The number of anilines is 1. The number of unbranched alkanes of at least 4 members (excludes halogenated alkanes) is 1. The molecule has 0 atom stereocenters. The zero-order chi connectivity index (χ0) is 22.0. The molecule has 0 bridgehead atoms. The van der Waals surface area contributed by atoms with Gasteiger partial charge in [0.05, 0.1) is 24.7 Å². The zero-order valence-electron chi connectivity index (χ0n) is 18.1. The van der Waals surface area contributed by atoms with E-state index >= 15 is 0 Å². The van der Waals surface area contributed by atoms with Gasteiger partial charge in [-0.05, 0) is 55.2 Å². The van der Waals surface area contributed by atoms with Gasteiger partial charge in [0, 0.05) is 31.8 Å². The van der Waals surface area contributed by atoms with Crippen molar-refractivity contribution in [1.82, 2.24) is 9.97 Å². The van der Waals surface area contributed by atoms with Crippen LogP contribution in [0.15, 0.2) is 72.7 Å². The van der Waals surface area contributed by atoms with Crippen molar-refractivity contribution in [2.75, 3.05) is 24.6 Å². The topological polar surface area (TPSA) is 47.5 Å². The third-order valence-electron chi connectivity index (χ3n) is 5.31. The summed E-state index contributed by atoms with van der Waals surface area (Å²) in [5.41, 5.74) is 3.78. The molecule has 0 spiro atoms. The second-order valence-electron chi connectivity index (χ2n) is 7.66. The van der Waals surface area contributed by atoms with Gasteiger partial charge in [-0.3, -0.25) is 4.98 Å². The normalized spacial score (nSPS) is 13.3. The van der Waals surface area contributed by atoms with E-state index in [1.165, 1.54) is 11.3 Å². The number of benzene rings is 1. The number of hydrogen-bond acceptors (Lipinski definition) is 5. The second kappa shape index (κ2) is 11.0. The molecule has 3 heterocycles. The van der Waals surface area contributed by atoms with Crippen LogP contribution in [0.3, 0.4) is 0 Å². The van der Waals surface area contributed by atoms with E-state index in [1.807, 2.05) is 48.8 Å². The van der Waals surface area contributed by atoms with Crippen molar-refractivity contribution in [3.05, 3.63) is 78.3 Å². The van der Waals surface area contributed by atoms with Crippen molar-refractivity contribution in [3.63, 3.8) is 0 Å². The van der Waals surface area contributed by atoms with E-state index in [-0.39, 0.29) is 0 Å². The predicted octanol–water partition coefficient (Wildman–Crippen LogP) is 5.74. The number of nitrogens with zero attached hydrogens (tertiary/aromatic N) is 3. The molecule has 162 valence electrons. The molecule has 1 aromatic carbocycles. The Balaban J connectivity index is 1.32. The van der Waals surface area contributed by atoms with Crippen molar-refractivity contribution >= 4 is 11.8 Å². The van der Waals surface area contributed by atoms with E-state index < -0.39 is 0 Å². The Labute approximate surface area is 189 Å². The van der Waals surface area contributed by atoms with Gasteiger partial charge in [-0.1, -0.05) is 23.8 Å². The third kappa shape index (κ3) is 6.12. The van der Waals surface area contributed by atoms with Gasteiger partial charge in [-0.15, -0.1) is 12.3 Å². The van der Waals surface area contributed by atoms with E-state index in [9.17, 15) is 0 Å². The zero-order valence-corrected chi connectivity index (χ0v) is 18.1. The van der Waals surface area contributed by atoms with Crippen molar-refractivity contribution in [2.45, 2.75) is 25.7 Å². The van der Waals surface area contributed by atoms with Crippen LogP contribution in [0, 0.1) is 12.3 Å². The van der Waals surface area contributed by atoms with Gasteiger partial charge in [0.2, 0.25) is 5.88 Å². The highest BCUT2D eigenvalue weighted by Crippen LogP contribution is 2.26. The summed E-state index contributed by atoms with van der Waals surface area (Å²) in [4.78, 5) is 11.0. The first kappa shape index (κ1) is 21.5. The maximum absolute atomic E-state index is 5.94. The minimum Gasteiger partial charge on any atom is -0.492 e. The average molecular weight is 426 g/mol. The lowest BCUT2D eigenvalue weighted by atomic mass is 10.0. The van der Waals surface area contributed by atoms with Crippen molar-refractivity contribution in [3.8, 4) is 29.7 Å². The molecule has 0 amide bonds. The molecule has 1 aliphatic heterocycles. The van der Waals surface area contributed by atoms with Gasteiger partial charge < -0.3 is 14.4 Å². The minimum atomic E-state index is 0.538. The van der Waals surface area contributed by atoms with Crippen LogP contribution in [-0.4, -0.2) is 29.7 Å². The molecule has 5 nitrogen and oxygen atoms in total. The molecule has 1 fully saturated rings. The van der Waals surface area contributed by atoms with Crippen LogP contribution in [0.2, 0.25) is 0 Å². The van der Waals surface area contributed by atoms with Gasteiger partial charge in [-0.25, -0.2) is 4.98 Å². The summed E-state index contributed by atoms with van der Waals surface area (Å²) >= 11 is 0. The second-order valence-corrected chi connectivity index (χ2v) is 7.66. The molecule has 4 rings (SSSR count). The Morgan fingerprint density at radius 2 is 1.94 bits per heavy atom. The summed E-state index contributed by atoms with van der Waals surface area (Å²) in [5, 5.41) is 0. The van der Waals surface area contributed by atoms with Crippen molar-refractivity contribution in [1.29, 1.82) is 0 Å². The van der Waals surface area contributed by atoms with E-state index in [0.29, 0.717) is 24.7 Å². The Kier molecular flexibility index (Phi) is 7.38. The molecule has 2 aromatic heterocycles. The quantitative estimate of drug-likeness (QED) is 0.340. The Hall–Kier alpha value is -3.78. The number of piperidine rings is 1. The standard InChI is InChI=1S/C27H27N3O2/c1-2-3-4-17-31-26-10-11-27(29-21-26)32-25-9-5-7-23(19-25)18-22-12-15-30(16-13-22)24-8-6-14-28-20-24/h1,5-11,14,18-21H,3-4,12-13,15-17H2. The first-order valence-corrected chi connectivity index (χ1v) is 10.9. The molecule has 1 aliphatic rings. The molecule has 1 saturated heterocycles. The largest absolute Gasteiger partial charge is 0.492 e. The van der Waals surface area contributed by atoms with Gasteiger partial charge in [-0.2, -0.15) is 0 Å². The maximum atomic E-state index is 5.94. The van der Waals surface area contributed by atoms with E-state index in [0.717, 1.165) is 43.7 Å². The number of aromatic nitrogens is 2. The molecular formula is C27H27N3O2. The van der Waals surface area contributed by atoms with Crippen LogP contribution in [-0.2, 0) is 0 Å². The molecule has 5 heteroatoms. The van der Waals surface area contributed by atoms with Crippen LogP contribution < -0.4 is 14.4 Å². The van der Waals surface area contributed by atoms with Gasteiger partial charge in [0.15, 0.2) is 0 Å². The minimum absolute atomic E-state index is 0.538. The monoisotopic (exact) mass is 425 g/mol. The number of ether oxygens (including phenoxy) is 2. The van der Waals surface area contributed by atoms with E-state index in [4.69, 9.17) is 15.9 Å². The number of rotatable bonds is 8. The first-order chi connectivity index (χ1) is 15.8. The molecule has 32 heavy (non-hydrogen) atoms. The fourth-order valence-electron chi connectivity index (χ4n) is 3.64. The average Bonchev–Trinajstić information content (AvgIpc) is 2.84. The molecule has 0 saturated carbocycles. The van der Waals surface area contributed by atoms with Gasteiger partial charge in [0.1, 0.15) is 11.5 Å². The Bertz CT molecular complexity index is 1060. The highest BCUT2D eigenvalue weighted by Gasteiger charge is 2.14. The lowest BCUT2D eigenvalue weighted by molar-refractivity contribution is 0.310. The Morgan fingerprint density at radius 3 is 2.69 bits per heavy atom.